The van der Waals surface area contributed by atoms with Crippen molar-refractivity contribution in [1.29, 1.82) is 0 Å². The van der Waals surface area contributed by atoms with E-state index in [1.54, 1.807) is 0 Å². The molecule has 0 atom stereocenters. The first-order valence-corrected chi connectivity index (χ1v) is 0. The van der Waals surface area contributed by atoms with Gasteiger partial charge in [0.05, 0.1) is 0 Å². The molecule has 0 saturated heterocycles. The number of hydrogen-bond donors (Lipinski definition) is 0. The molecule has 0 bridgehead atoms. The normalized spacial score (nSPS) is 0. The van der Waals surface area contributed by atoms with E-state index in [9.17, 15) is 0 Å². The third-order valence-electron chi connectivity index (χ3n) is 0. The predicted octanol–water partition coefficient (Wildman–Crippen LogP) is 1.91. The van der Waals surface area contributed by atoms with Crippen LogP contribution in [0.5, 0.6) is 0 Å². The molecule has 0 N–H and O–H groups in total. The van der Waals surface area contributed by atoms with Crippen LogP contribution in [0.3, 0.4) is 0 Å². The topological polar surface area (TPSA) is 0 Å². The third-order valence-corrected chi connectivity index (χ3v) is 0. The van der Waals surface area contributed by atoms with Gasteiger partial charge in [0.25, 0.3) is 0 Å². The van der Waals surface area contributed by atoms with E-state index in [0.717, 1.165) is 0 Å². The summed E-state index contributed by atoms with van der Waals surface area (Å²) in [5.41, 5.74) is 0. The quantitative estimate of drug-likeness (QED) is 0.638. The van der Waals surface area contributed by atoms with Gasteiger partial charge in [0.15, 0.2) is 0 Å². The summed E-state index contributed by atoms with van der Waals surface area (Å²) >= 11 is 0. The first kappa shape index (κ1) is 75.0. The Morgan fingerprint density at radius 1 is 0.500 bits per heavy atom. The zero-order chi connectivity index (χ0) is 0. The van der Waals surface area contributed by atoms with Gasteiger partial charge in [-0.05, 0) is 0 Å². The van der Waals surface area contributed by atoms with Gasteiger partial charge in [-0.15, -0.1) is 0 Å². The maximum Gasteiger partial charge on any atom is 0 e. The summed E-state index contributed by atoms with van der Waals surface area (Å²) in [5.74, 6) is 0. The maximum absolute atomic E-state index is 0. The molecular formula is C3H12U. The van der Waals surface area contributed by atoms with Gasteiger partial charge in [-0.3, -0.25) is 0 Å². The van der Waals surface area contributed by atoms with Gasteiger partial charge in [-0.2, -0.15) is 0 Å². The molecule has 28 valence electrons. The van der Waals surface area contributed by atoms with E-state index in [2.05, 4.69) is 0 Å². The minimum Gasteiger partial charge on any atom is -0.0776 e. The third kappa shape index (κ3) is 11.6. The fraction of sp³-hybridized carbons (Fsp3) is 1.00. The van der Waals surface area contributed by atoms with Crippen molar-refractivity contribution in [3.63, 3.8) is 0 Å². The molecule has 0 radical (unpaired) electrons. The van der Waals surface area contributed by atoms with Gasteiger partial charge >= 0.3 is 0 Å². The van der Waals surface area contributed by atoms with E-state index in [1.165, 1.54) is 0 Å². The van der Waals surface area contributed by atoms with Crippen LogP contribution in [0.2, 0.25) is 0 Å². The summed E-state index contributed by atoms with van der Waals surface area (Å²) in [6.07, 6.45) is 0. The molecule has 1 heteroatoms. The zero-order valence-corrected chi connectivity index (χ0v) is 4.66. The van der Waals surface area contributed by atoms with Crippen LogP contribution in [0.1, 0.15) is 22.3 Å². The van der Waals surface area contributed by atoms with Crippen molar-refractivity contribution in [2.75, 3.05) is 0 Å². The second-order valence-corrected chi connectivity index (χ2v) is 0. The van der Waals surface area contributed by atoms with E-state index < -0.39 is 0 Å². The molecule has 0 aliphatic heterocycles. The summed E-state index contributed by atoms with van der Waals surface area (Å²) < 4.78 is 0. The van der Waals surface area contributed by atoms with E-state index in [1.807, 2.05) is 0 Å². The molecule has 0 nitrogen and oxygen atoms in total. The molecule has 0 aliphatic rings. The minimum absolute atomic E-state index is 0. The van der Waals surface area contributed by atoms with Crippen LogP contribution in [-0.4, -0.2) is 0 Å². The average Bonchev–Trinajstić information content (AvgIpc) is 0. The molecule has 0 aliphatic carbocycles. The van der Waals surface area contributed by atoms with Crippen molar-refractivity contribution in [2.45, 2.75) is 22.3 Å². The molecule has 0 spiro atoms. The second kappa shape index (κ2) is 34.1. The molecule has 0 aromatic heterocycles. The molecule has 0 heterocycles. The van der Waals surface area contributed by atoms with Gasteiger partial charge in [-0.25, -0.2) is 0 Å². The maximum atomic E-state index is 0. The van der Waals surface area contributed by atoms with Crippen molar-refractivity contribution < 1.29 is 31.1 Å². The van der Waals surface area contributed by atoms with Crippen LogP contribution in [0.4, 0.5) is 0 Å². The van der Waals surface area contributed by atoms with Gasteiger partial charge in [-0.1, -0.05) is 22.3 Å². The Kier molecular flexibility index (Phi) is 639. The molecule has 0 unspecified atom stereocenters. The largest absolute Gasteiger partial charge is 0.0776 e. The standard InChI is InChI=1S/3CH4.U/h3*1H4;. The Bertz CT molecular complexity index is 3.25. The predicted molar refractivity (Wildman–Crippen MR) is 20.2 cm³/mol. The van der Waals surface area contributed by atoms with Crippen molar-refractivity contribution in [1.82, 2.24) is 0 Å². The Morgan fingerprint density at radius 2 is 0.500 bits per heavy atom. The van der Waals surface area contributed by atoms with Crippen LogP contribution < -0.4 is 0 Å². The van der Waals surface area contributed by atoms with Crippen LogP contribution in [0.15, 0.2) is 0 Å². The average molecular weight is 286 g/mol. The molecule has 0 amide bonds. The SMILES string of the molecule is C.C.C.[U]. The van der Waals surface area contributed by atoms with Crippen molar-refractivity contribution in [3.8, 4) is 0 Å². The second-order valence-electron chi connectivity index (χ2n) is 0. The van der Waals surface area contributed by atoms with Gasteiger partial charge in [0.1, 0.15) is 0 Å². The van der Waals surface area contributed by atoms with Crippen molar-refractivity contribution >= 4 is 0 Å². The van der Waals surface area contributed by atoms with Gasteiger partial charge in [0, 0.05) is 31.1 Å². The van der Waals surface area contributed by atoms with Crippen LogP contribution in [0, 0.1) is 31.1 Å². The summed E-state index contributed by atoms with van der Waals surface area (Å²) in [4.78, 5) is 0. The van der Waals surface area contributed by atoms with Crippen LogP contribution >= 0.6 is 0 Å². The summed E-state index contributed by atoms with van der Waals surface area (Å²) in [7, 11) is 0. The van der Waals surface area contributed by atoms with Crippen molar-refractivity contribution in [2.24, 2.45) is 0 Å². The summed E-state index contributed by atoms with van der Waals surface area (Å²) in [6.45, 7) is 0. The molecule has 0 fully saturated rings. The van der Waals surface area contributed by atoms with E-state index >= 15 is 0 Å². The Labute approximate surface area is 53.4 Å². The van der Waals surface area contributed by atoms with Gasteiger partial charge < -0.3 is 0 Å². The van der Waals surface area contributed by atoms with Gasteiger partial charge in [0.2, 0.25) is 0 Å². The molecule has 0 saturated carbocycles. The van der Waals surface area contributed by atoms with E-state index in [-0.39, 0.29) is 53.4 Å². The first-order valence-electron chi connectivity index (χ1n) is 0. The van der Waals surface area contributed by atoms with Crippen LogP contribution in [0.25, 0.3) is 0 Å². The Balaban J connectivity index is 0. The minimum atomic E-state index is 0. The first-order chi connectivity index (χ1) is 0. The van der Waals surface area contributed by atoms with Crippen LogP contribution in [-0.2, 0) is 0 Å². The smallest absolute Gasteiger partial charge is 0 e. The summed E-state index contributed by atoms with van der Waals surface area (Å²) in [6, 6.07) is 0. The van der Waals surface area contributed by atoms with Crippen molar-refractivity contribution in [3.05, 3.63) is 0 Å². The monoisotopic (exact) mass is 286 g/mol. The zero-order valence-electron chi connectivity index (χ0n) is 0.500. The Morgan fingerprint density at radius 3 is 0.500 bits per heavy atom. The molecule has 0 aromatic carbocycles. The van der Waals surface area contributed by atoms with E-state index in [0.29, 0.717) is 0 Å². The fourth-order valence-electron chi connectivity index (χ4n) is 0. The van der Waals surface area contributed by atoms with E-state index in [4.69, 9.17) is 0 Å². The Hall–Kier alpha value is 1.05. The fourth-order valence-corrected chi connectivity index (χ4v) is 0. The number of hydrogen-bond acceptors (Lipinski definition) is 0. The molecule has 4 heavy (non-hydrogen) atoms. The molecular weight excluding hydrogens is 274 g/mol. The molecule has 0 aromatic rings. The number of rotatable bonds is 0. The summed E-state index contributed by atoms with van der Waals surface area (Å²) in [5, 5.41) is 0. The molecule has 0 rings (SSSR count).